The number of aromatic carboxylic acids is 1. The van der Waals surface area contributed by atoms with Gasteiger partial charge < -0.3 is 9.90 Å². The van der Waals surface area contributed by atoms with E-state index in [1.807, 2.05) is 13.8 Å². The first-order chi connectivity index (χ1) is 9.59. The Kier molecular flexibility index (Phi) is 4.93. The van der Waals surface area contributed by atoms with E-state index >= 15 is 0 Å². The zero-order chi connectivity index (χ0) is 16.5. The molecule has 6 heteroatoms. The number of rotatable bonds is 1. The van der Waals surface area contributed by atoms with Crippen molar-refractivity contribution in [2.24, 2.45) is 28.2 Å². The summed E-state index contributed by atoms with van der Waals surface area (Å²) in [6.45, 7) is 7.99. The molecule has 0 spiro atoms. The van der Waals surface area contributed by atoms with Crippen LogP contribution < -0.4 is 14.2 Å². The molecule has 0 fully saturated rings. The molecule has 2 rings (SSSR count). The molecule has 0 N–H and O–H groups in total. The van der Waals surface area contributed by atoms with E-state index < -0.39 is 5.97 Å². The molecule has 0 atom stereocenters. The maximum absolute atomic E-state index is 10.7. The molecule has 2 heterocycles. The van der Waals surface area contributed by atoms with E-state index in [-0.39, 0.29) is 5.82 Å². The van der Waals surface area contributed by atoms with E-state index in [1.165, 1.54) is 11.4 Å². The molecule has 0 amide bonds. The Morgan fingerprint density at radius 3 is 1.71 bits per heavy atom. The highest BCUT2D eigenvalue weighted by atomic mass is 16.4. The van der Waals surface area contributed by atoms with Crippen LogP contribution in [0.25, 0.3) is 0 Å². The van der Waals surface area contributed by atoms with Gasteiger partial charge in [0.05, 0.1) is 28.2 Å². The minimum Gasteiger partial charge on any atom is -0.538 e. The van der Waals surface area contributed by atoms with Crippen molar-refractivity contribution in [3.8, 4) is 0 Å². The third kappa shape index (κ3) is 3.15. The number of hydrogen-bond acceptors (Lipinski definition) is 2. The second-order valence-corrected chi connectivity index (χ2v) is 5.41. The number of imidazole rings is 2. The summed E-state index contributed by atoms with van der Waals surface area (Å²) in [4.78, 5) is 10.7. The highest BCUT2D eigenvalue weighted by molar-refractivity contribution is 5.80. The monoisotopic (exact) mass is 293 g/mol. The largest absolute Gasteiger partial charge is 0.538 e. The van der Waals surface area contributed by atoms with Crippen LogP contribution in [0, 0.1) is 27.7 Å². The van der Waals surface area contributed by atoms with Gasteiger partial charge in [-0.1, -0.05) is 0 Å². The maximum Gasteiger partial charge on any atom is 0.304 e. The molecule has 6 nitrogen and oxygen atoms in total. The summed E-state index contributed by atoms with van der Waals surface area (Å²) in [7, 11) is 7.55. The van der Waals surface area contributed by atoms with Crippen LogP contribution in [0.2, 0.25) is 0 Å². The normalized spacial score (nSPS) is 10.3. The minimum atomic E-state index is -1.14. The lowest BCUT2D eigenvalue weighted by molar-refractivity contribution is -0.681. The lowest BCUT2D eigenvalue weighted by Gasteiger charge is -1.97. The Bertz CT molecular complexity index is 633. The maximum atomic E-state index is 10.7. The zero-order valence-electron chi connectivity index (χ0n) is 14.2. The van der Waals surface area contributed by atoms with Crippen molar-refractivity contribution in [1.82, 2.24) is 9.13 Å². The van der Waals surface area contributed by atoms with Crippen molar-refractivity contribution in [3.05, 3.63) is 34.9 Å². The molecule has 0 aliphatic rings. The van der Waals surface area contributed by atoms with E-state index in [2.05, 4.69) is 43.4 Å². The number of nitrogens with zero attached hydrogens (tertiary/aromatic N) is 4. The van der Waals surface area contributed by atoms with Gasteiger partial charge in [-0.2, -0.15) is 0 Å². The van der Waals surface area contributed by atoms with Crippen LogP contribution in [-0.2, 0) is 28.2 Å². The van der Waals surface area contributed by atoms with Crippen LogP contribution in [0.1, 0.15) is 33.4 Å². The molecular formula is C15H25N4O2+. The summed E-state index contributed by atoms with van der Waals surface area (Å²) in [5.74, 6) is -0.943. The van der Waals surface area contributed by atoms with Crippen molar-refractivity contribution in [2.75, 3.05) is 0 Å². The second-order valence-electron chi connectivity index (χ2n) is 5.41. The molecule has 0 radical (unpaired) electrons. The van der Waals surface area contributed by atoms with Crippen LogP contribution in [0.5, 0.6) is 0 Å². The molecule has 0 saturated carbocycles. The fourth-order valence-corrected chi connectivity index (χ4v) is 2.25. The summed E-state index contributed by atoms with van der Waals surface area (Å²) in [5.41, 5.74) is 4.54. The van der Waals surface area contributed by atoms with Crippen LogP contribution in [-0.4, -0.2) is 15.1 Å². The van der Waals surface area contributed by atoms with Gasteiger partial charge in [0, 0.05) is 27.7 Å². The minimum absolute atomic E-state index is 0.199. The van der Waals surface area contributed by atoms with Gasteiger partial charge >= 0.3 is 5.82 Å². The third-order valence-electron chi connectivity index (χ3n) is 4.28. The lowest BCUT2D eigenvalue weighted by Crippen LogP contribution is -2.42. The van der Waals surface area contributed by atoms with Crippen LogP contribution >= 0.6 is 0 Å². The first-order valence-electron chi connectivity index (χ1n) is 6.81. The quantitative estimate of drug-likeness (QED) is 0.653. The smallest absolute Gasteiger partial charge is 0.304 e. The highest BCUT2D eigenvalue weighted by Crippen LogP contribution is 2.03. The Labute approximate surface area is 125 Å². The van der Waals surface area contributed by atoms with E-state index in [0.29, 0.717) is 0 Å². The standard InChI is InChI=1S/C8H12N2O2.C7H13N2/c1-5-6(2)10(4)7(8(11)12)9(5)3;1-6-7(2)9(4)5-8(6)3/h1-4H3;5H,1-4H3/q;+1. The molecule has 21 heavy (non-hydrogen) atoms. The van der Waals surface area contributed by atoms with Crippen LogP contribution in [0.15, 0.2) is 6.33 Å². The predicted molar refractivity (Wildman–Crippen MR) is 76.5 cm³/mol. The average Bonchev–Trinajstić information content (AvgIpc) is 2.74. The Morgan fingerprint density at radius 1 is 1.05 bits per heavy atom. The molecule has 2 aromatic rings. The van der Waals surface area contributed by atoms with Crippen LogP contribution in [0.4, 0.5) is 0 Å². The predicted octanol–water partition coefficient (Wildman–Crippen LogP) is -0.704. The van der Waals surface area contributed by atoms with E-state index in [0.717, 1.165) is 11.4 Å². The van der Waals surface area contributed by atoms with Gasteiger partial charge in [0.15, 0.2) is 5.97 Å². The number of carboxylic acids is 1. The first-order valence-corrected chi connectivity index (χ1v) is 6.81. The van der Waals surface area contributed by atoms with Crippen molar-refractivity contribution in [3.63, 3.8) is 0 Å². The first kappa shape index (κ1) is 16.9. The third-order valence-corrected chi connectivity index (χ3v) is 4.28. The molecule has 116 valence electrons. The Balaban J connectivity index is 0.000000219. The second kappa shape index (κ2) is 6.11. The molecule has 0 aliphatic carbocycles. The van der Waals surface area contributed by atoms with Gasteiger partial charge in [-0.25, -0.2) is 18.3 Å². The van der Waals surface area contributed by atoms with Gasteiger partial charge in [-0.05, 0) is 0 Å². The van der Waals surface area contributed by atoms with Crippen molar-refractivity contribution >= 4 is 5.97 Å². The van der Waals surface area contributed by atoms with Crippen molar-refractivity contribution in [2.45, 2.75) is 27.7 Å². The van der Waals surface area contributed by atoms with Gasteiger partial charge in [0.1, 0.15) is 22.8 Å². The number of carboxylic acid groups (broad SMARTS) is 1. The average molecular weight is 293 g/mol. The zero-order valence-corrected chi connectivity index (χ0v) is 14.2. The summed E-state index contributed by atoms with van der Waals surface area (Å²) < 4.78 is 7.47. The summed E-state index contributed by atoms with van der Waals surface area (Å²) >= 11 is 0. The van der Waals surface area contributed by atoms with E-state index in [1.54, 1.807) is 23.2 Å². The molecule has 0 saturated heterocycles. The summed E-state index contributed by atoms with van der Waals surface area (Å²) in [6, 6.07) is 0. The van der Waals surface area contributed by atoms with Gasteiger partial charge in [0.25, 0.3) is 0 Å². The van der Waals surface area contributed by atoms with Crippen LogP contribution in [0.3, 0.4) is 0 Å². The van der Waals surface area contributed by atoms with Gasteiger partial charge in [-0.3, -0.25) is 0 Å². The lowest BCUT2D eigenvalue weighted by atomic mass is 10.4. The SMILES string of the molecule is Cc1c(C)[n+](C)c(C(=O)[O-])n1C.Cc1c(C)[n+](C)cn1C. The van der Waals surface area contributed by atoms with Crippen molar-refractivity contribution < 1.29 is 19.0 Å². The van der Waals surface area contributed by atoms with E-state index in [4.69, 9.17) is 0 Å². The summed E-state index contributed by atoms with van der Waals surface area (Å²) in [6.07, 6.45) is 2.07. The Hall–Kier alpha value is -2.11. The molecule has 0 aromatic carbocycles. The number of carbonyl (C=O) groups excluding carboxylic acids is 1. The summed E-state index contributed by atoms with van der Waals surface area (Å²) in [5, 5.41) is 10.7. The van der Waals surface area contributed by atoms with Crippen molar-refractivity contribution in [1.29, 1.82) is 0 Å². The molecule has 2 aromatic heterocycles. The van der Waals surface area contributed by atoms with Gasteiger partial charge in [-0.15, -0.1) is 0 Å². The number of hydrogen-bond donors (Lipinski definition) is 0. The number of aryl methyl sites for hydroxylation is 2. The van der Waals surface area contributed by atoms with Gasteiger partial charge in [0.2, 0.25) is 6.33 Å². The molecular weight excluding hydrogens is 268 g/mol. The topological polar surface area (TPSA) is 57.8 Å². The number of carbonyl (C=O) groups is 1. The fraction of sp³-hybridized carbons (Fsp3) is 0.533. The van der Waals surface area contributed by atoms with E-state index in [9.17, 15) is 9.90 Å². The molecule has 0 unspecified atom stereocenters. The number of aromatic nitrogens is 4. The Morgan fingerprint density at radius 2 is 1.57 bits per heavy atom. The highest BCUT2D eigenvalue weighted by Gasteiger charge is 2.20. The fourth-order valence-electron chi connectivity index (χ4n) is 2.25. The molecule has 0 aliphatic heterocycles. The molecule has 0 bridgehead atoms.